The van der Waals surface area contributed by atoms with Crippen LogP contribution in [0.5, 0.6) is 0 Å². The fraction of sp³-hybridized carbons (Fsp3) is 0.545. The SMILES string of the molecule is CN=C(NCc1cc2ccccc2[nH]1)N1CCN(C(C)C(=O)N2CCCC2)CC1.I. The second-order valence-electron chi connectivity index (χ2n) is 8.01. The minimum Gasteiger partial charge on any atom is -0.357 e. The third-order valence-corrected chi connectivity index (χ3v) is 6.17. The molecule has 1 unspecified atom stereocenters. The van der Waals surface area contributed by atoms with Crippen molar-refractivity contribution in [1.82, 2.24) is 25.0 Å². The molecule has 2 aliphatic heterocycles. The molecule has 2 N–H and O–H groups in total. The number of likely N-dealkylation sites (tertiary alicyclic amines) is 1. The molecular weight excluding hydrogens is 491 g/mol. The molecule has 2 aliphatic rings. The highest BCUT2D eigenvalue weighted by Crippen LogP contribution is 2.16. The van der Waals surface area contributed by atoms with Crippen molar-refractivity contribution >= 4 is 46.7 Å². The number of benzene rings is 1. The van der Waals surface area contributed by atoms with Gasteiger partial charge in [0.15, 0.2) is 5.96 Å². The third-order valence-electron chi connectivity index (χ3n) is 6.17. The first-order valence-corrected chi connectivity index (χ1v) is 10.7. The number of aromatic amines is 1. The highest BCUT2D eigenvalue weighted by Gasteiger charge is 2.30. The fourth-order valence-corrected chi connectivity index (χ4v) is 4.41. The van der Waals surface area contributed by atoms with Crippen molar-refractivity contribution in [2.24, 2.45) is 4.99 Å². The number of hydrogen-bond donors (Lipinski definition) is 2. The zero-order valence-corrected chi connectivity index (χ0v) is 20.3. The van der Waals surface area contributed by atoms with E-state index in [9.17, 15) is 4.79 Å². The van der Waals surface area contributed by atoms with Crippen LogP contribution in [0, 0.1) is 0 Å². The van der Waals surface area contributed by atoms with Crippen LogP contribution in [0.1, 0.15) is 25.5 Å². The number of guanidine groups is 1. The molecule has 2 saturated heterocycles. The second-order valence-corrected chi connectivity index (χ2v) is 8.01. The Labute approximate surface area is 195 Å². The van der Waals surface area contributed by atoms with E-state index in [1.165, 1.54) is 5.39 Å². The number of nitrogens with one attached hydrogen (secondary N) is 2. The predicted molar refractivity (Wildman–Crippen MR) is 132 cm³/mol. The van der Waals surface area contributed by atoms with E-state index in [0.717, 1.165) is 69.3 Å². The standard InChI is InChI=1S/C22H32N6O.HI/c1-17(21(29)27-9-5-6-10-27)26-11-13-28(14-12-26)22(23-2)24-16-19-15-18-7-3-4-8-20(18)25-19;/h3-4,7-8,15,17,25H,5-6,9-14,16H2,1-2H3,(H,23,24);1H. The number of H-pyrrole nitrogens is 1. The largest absolute Gasteiger partial charge is 0.357 e. The van der Waals surface area contributed by atoms with Crippen LogP contribution in [0.25, 0.3) is 10.9 Å². The van der Waals surface area contributed by atoms with Crippen LogP contribution < -0.4 is 5.32 Å². The number of aromatic nitrogens is 1. The lowest BCUT2D eigenvalue weighted by Crippen LogP contribution is -2.57. The zero-order valence-electron chi connectivity index (χ0n) is 17.9. The summed E-state index contributed by atoms with van der Waals surface area (Å²) in [6.07, 6.45) is 2.29. The summed E-state index contributed by atoms with van der Waals surface area (Å²) in [7, 11) is 1.83. The molecular formula is C22H33IN6O. The van der Waals surface area contributed by atoms with Gasteiger partial charge in [0.25, 0.3) is 0 Å². The molecule has 1 aromatic carbocycles. The molecule has 164 valence electrons. The van der Waals surface area contributed by atoms with Crippen LogP contribution in [-0.2, 0) is 11.3 Å². The summed E-state index contributed by atoms with van der Waals surface area (Å²) < 4.78 is 0. The Kier molecular flexibility index (Phi) is 7.99. The molecule has 2 aromatic rings. The normalized spacial score (nSPS) is 19.1. The van der Waals surface area contributed by atoms with Gasteiger partial charge in [0.05, 0.1) is 12.6 Å². The van der Waals surface area contributed by atoms with Crippen LogP contribution in [0.4, 0.5) is 0 Å². The molecule has 30 heavy (non-hydrogen) atoms. The Morgan fingerprint density at radius 1 is 1.10 bits per heavy atom. The first-order chi connectivity index (χ1) is 14.2. The van der Waals surface area contributed by atoms with E-state index in [2.05, 4.69) is 56.3 Å². The maximum Gasteiger partial charge on any atom is 0.239 e. The first kappa shape index (κ1) is 22.9. The molecule has 1 atom stereocenters. The molecule has 1 aromatic heterocycles. The number of nitrogens with zero attached hydrogens (tertiary/aromatic N) is 4. The average molecular weight is 524 g/mol. The number of rotatable bonds is 4. The van der Waals surface area contributed by atoms with E-state index in [1.54, 1.807) is 0 Å². The van der Waals surface area contributed by atoms with Gasteiger partial charge in [-0.3, -0.25) is 14.7 Å². The Bertz CT molecular complexity index is 834. The molecule has 2 fully saturated rings. The van der Waals surface area contributed by atoms with E-state index in [1.807, 2.05) is 18.0 Å². The number of hydrogen-bond acceptors (Lipinski definition) is 3. The van der Waals surface area contributed by atoms with Crippen molar-refractivity contribution in [1.29, 1.82) is 0 Å². The number of aliphatic imine (C=N–C) groups is 1. The topological polar surface area (TPSA) is 67.0 Å². The number of piperazine rings is 1. The number of fused-ring (bicyclic) bond motifs is 1. The lowest BCUT2D eigenvalue weighted by Gasteiger charge is -2.39. The maximum atomic E-state index is 12.7. The summed E-state index contributed by atoms with van der Waals surface area (Å²) in [6, 6.07) is 10.5. The molecule has 3 heterocycles. The van der Waals surface area contributed by atoms with Gasteiger partial charge < -0.3 is 20.1 Å². The van der Waals surface area contributed by atoms with Gasteiger partial charge in [0.1, 0.15) is 0 Å². The van der Waals surface area contributed by atoms with E-state index in [0.29, 0.717) is 6.54 Å². The fourth-order valence-electron chi connectivity index (χ4n) is 4.41. The summed E-state index contributed by atoms with van der Waals surface area (Å²) in [5, 5.41) is 4.71. The minimum absolute atomic E-state index is 0. The van der Waals surface area contributed by atoms with Gasteiger partial charge in [-0.1, -0.05) is 18.2 Å². The van der Waals surface area contributed by atoms with Gasteiger partial charge in [-0.2, -0.15) is 0 Å². The monoisotopic (exact) mass is 524 g/mol. The highest BCUT2D eigenvalue weighted by atomic mass is 127. The van der Waals surface area contributed by atoms with Crippen LogP contribution >= 0.6 is 24.0 Å². The van der Waals surface area contributed by atoms with Gasteiger partial charge in [0.2, 0.25) is 5.91 Å². The van der Waals surface area contributed by atoms with Gasteiger partial charge in [-0.25, -0.2) is 0 Å². The van der Waals surface area contributed by atoms with E-state index >= 15 is 0 Å². The third kappa shape index (κ3) is 5.08. The molecule has 0 radical (unpaired) electrons. The summed E-state index contributed by atoms with van der Waals surface area (Å²) >= 11 is 0. The van der Waals surface area contributed by atoms with Crippen molar-refractivity contribution in [3.8, 4) is 0 Å². The minimum atomic E-state index is -0.0310. The number of carbonyl (C=O) groups excluding carboxylic acids is 1. The predicted octanol–water partition coefficient (Wildman–Crippen LogP) is 2.49. The quantitative estimate of drug-likeness (QED) is 0.367. The molecule has 8 heteroatoms. The Hall–Kier alpha value is -1.81. The Balaban J connectivity index is 0.00000256. The van der Waals surface area contributed by atoms with Crippen molar-refractivity contribution in [2.45, 2.75) is 32.4 Å². The summed E-state index contributed by atoms with van der Waals surface area (Å²) in [6.45, 7) is 8.14. The van der Waals surface area contributed by atoms with E-state index < -0.39 is 0 Å². The lowest BCUT2D eigenvalue weighted by molar-refractivity contribution is -0.135. The average Bonchev–Trinajstić information content (AvgIpc) is 3.43. The van der Waals surface area contributed by atoms with Gasteiger partial charge in [-0.15, -0.1) is 24.0 Å². The molecule has 7 nitrogen and oxygen atoms in total. The molecule has 0 aliphatic carbocycles. The maximum absolute atomic E-state index is 12.7. The van der Waals surface area contributed by atoms with Crippen LogP contribution in [0.3, 0.4) is 0 Å². The summed E-state index contributed by atoms with van der Waals surface area (Å²) in [5.41, 5.74) is 2.31. The van der Waals surface area contributed by atoms with Gasteiger partial charge in [0, 0.05) is 57.5 Å². The number of para-hydroxylation sites is 1. The second kappa shape index (κ2) is 10.5. The van der Waals surface area contributed by atoms with E-state index in [-0.39, 0.29) is 35.9 Å². The van der Waals surface area contributed by atoms with Gasteiger partial charge in [-0.05, 0) is 37.3 Å². The molecule has 1 amide bonds. The van der Waals surface area contributed by atoms with Crippen molar-refractivity contribution in [3.05, 3.63) is 36.0 Å². The van der Waals surface area contributed by atoms with Crippen molar-refractivity contribution < 1.29 is 4.79 Å². The molecule has 0 saturated carbocycles. The Morgan fingerprint density at radius 2 is 1.80 bits per heavy atom. The lowest BCUT2D eigenvalue weighted by atomic mass is 10.2. The van der Waals surface area contributed by atoms with Crippen LogP contribution in [0.15, 0.2) is 35.3 Å². The number of halogens is 1. The molecule has 0 bridgehead atoms. The van der Waals surface area contributed by atoms with Gasteiger partial charge >= 0.3 is 0 Å². The first-order valence-electron chi connectivity index (χ1n) is 10.7. The van der Waals surface area contributed by atoms with E-state index in [4.69, 9.17) is 0 Å². The van der Waals surface area contributed by atoms with Crippen molar-refractivity contribution in [3.63, 3.8) is 0 Å². The van der Waals surface area contributed by atoms with Crippen molar-refractivity contribution in [2.75, 3.05) is 46.3 Å². The summed E-state index contributed by atoms with van der Waals surface area (Å²) in [4.78, 5) is 27.2. The molecule has 4 rings (SSSR count). The molecule has 0 spiro atoms. The number of carbonyl (C=O) groups is 1. The zero-order chi connectivity index (χ0) is 20.2. The van der Waals surface area contributed by atoms with Crippen LogP contribution in [-0.4, -0.2) is 83.9 Å². The number of amides is 1. The highest BCUT2D eigenvalue weighted by molar-refractivity contribution is 14.0. The summed E-state index contributed by atoms with van der Waals surface area (Å²) in [5.74, 6) is 1.21. The van der Waals surface area contributed by atoms with Crippen LogP contribution in [0.2, 0.25) is 0 Å². The Morgan fingerprint density at radius 3 is 2.47 bits per heavy atom. The smallest absolute Gasteiger partial charge is 0.239 e.